The SMILES string of the molecule is Cc1ccc(-n2[nH]c(C)c(C=Nc3ccccc3C)c2=O)cc1C. The van der Waals surface area contributed by atoms with Gasteiger partial charge in [0, 0.05) is 11.9 Å². The van der Waals surface area contributed by atoms with Crippen LogP contribution in [0.2, 0.25) is 0 Å². The molecule has 122 valence electrons. The van der Waals surface area contributed by atoms with E-state index < -0.39 is 0 Å². The van der Waals surface area contributed by atoms with E-state index in [4.69, 9.17) is 0 Å². The van der Waals surface area contributed by atoms with Gasteiger partial charge in [-0.2, -0.15) is 0 Å². The molecule has 24 heavy (non-hydrogen) atoms. The molecule has 1 aromatic heterocycles. The van der Waals surface area contributed by atoms with Gasteiger partial charge in [0.1, 0.15) is 0 Å². The van der Waals surface area contributed by atoms with Gasteiger partial charge in [0.25, 0.3) is 5.56 Å². The number of H-pyrrole nitrogens is 1. The molecule has 0 bridgehead atoms. The molecule has 0 saturated heterocycles. The van der Waals surface area contributed by atoms with Crippen molar-refractivity contribution in [1.82, 2.24) is 9.78 Å². The predicted octanol–water partition coefficient (Wildman–Crippen LogP) is 4.15. The number of benzene rings is 2. The molecule has 3 aromatic rings. The van der Waals surface area contributed by atoms with Crippen LogP contribution in [0.15, 0.2) is 52.3 Å². The van der Waals surface area contributed by atoms with E-state index in [9.17, 15) is 4.79 Å². The summed E-state index contributed by atoms with van der Waals surface area (Å²) in [4.78, 5) is 17.2. The lowest BCUT2D eigenvalue weighted by molar-refractivity contribution is 0.833. The summed E-state index contributed by atoms with van der Waals surface area (Å²) >= 11 is 0. The molecule has 0 atom stereocenters. The average Bonchev–Trinajstić information content (AvgIpc) is 2.84. The molecule has 0 spiro atoms. The van der Waals surface area contributed by atoms with E-state index >= 15 is 0 Å². The predicted molar refractivity (Wildman–Crippen MR) is 99.0 cm³/mol. The summed E-state index contributed by atoms with van der Waals surface area (Å²) in [6.45, 7) is 7.99. The monoisotopic (exact) mass is 319 g/mol. The van der Waals surface area contributed by atoms with Crippen LogP contribution in [0.4, 0.5) is 5.69 Å². The lowest BCUT2D eigenvalue weighted by Gasteiger charge is -2.05. The minimum atomic E-state index is -0.0897. The zero-order chi connectivity index (χ0) is 17.3. The molecule has 4 heteroatoms. The van der Waals surface area contributed by atoms with Crippen LogP contribution in [-0.2, 0) is 0 Å². The van der Waals surface area contributed by atoms with Crippen molar-refractivity contribution in [2.45, 2.75) is 27.7 Å². The minimum Gasteiger partial charge on any atom is -0.295 e. The smallest absolute Gasteiger partial charge is 0.280 e. The van der Waals surface area contributed by atoms with Crippen molar-refractivity contribution in [2.75, 3.05) is 0 Å². The van der Waals surface area contributed by atoms with Gasteiger partial charge in [0.15, 0.2) is 0 Å². The first kappa shape index (κ1) is 16.0. The van der Waals surface area contributed by atoms with E-state index in [-0.39, 0.29) is 5.56 Å². The first-order valence-electron chi connectivity index (χ1n) is 7.96. The third kappa shape index (κ3) is 2.95. The standard InChI is InChI=1S/C20H21N3O/c1-13-9-10-17(11-15(13)3)23-20(24)18(16(4)22-23)12-21-19-8-6-5-7-14(19)2/h5-12,22H,1-4H3. The first-order valence-corrected chi connectivity index (χ1v) is 7.96. The number of aryl methyl sites for hydroxylation is 4. The second-order valence-corrected chi connectivity index (χ2v) is 6.10. The van der Waals surface area contributed by atoms with E-state index in [0.717, 1.165) is 28.2 Å². The summed E-state index contributed by atoms with van der Waals surface area (Å²) in [5.41, 5.74) is 6.44. The summed E-state index contributed by atoms with van der Waals surface area (Å²) in [5, 5.41) is 3.14. The molecule has 0 aliphatic heterocycles. The van der Waals surface area contributed by atoms with Crippen molar-refractivity contribution in [2.24, 2.45) is 4.99 Å². The van der Waals surface area contributed by atoms with Gasteiger partial charge >= 0.3 is 0 Å². The average molecular weight is 319 g/mol. The summed E-state index contributed by atoms with van der Waals surface area (Å²) < 4.78 is 1.57. The normalized spacial score (nSPS) is 11.3. The third-order valence-corrected chi connectivity index (χ3v) is 4.31. The number of nitrogens with one attached hydrogen (secondary N) is 1. The van der Waals surface area contributed by atoms with E-state index in [1.807, 2.05) is 63.2 Å². The molecule has 0 aliphatic carbocycles. The highest BCUT2D eigenvalue weighted by Crippen LogP contribution is 2.17. The van der Waals surface area contributed by atoms with Gasteiger partial charge in [-0.1, -0.05) is 24.3 Å². The number of aliphatic imine (C=N–C) groups is 1. The summed E-state index contributed by atoms with van der Waals surface area (Å²) in [5.74, 6) is 0. The number of nitrogens with zero attached hydrogens (tertiary/aromatic N) is 2. The quantitative estimate of drug-likeness (QED) is 0.724. The summed E-state index contributed by atoms with van der Waals surface area (Å²) in [6, 6.07) is 13.8. The Labute approximate surface area is 141 Å². The fraction of sp³-hybridized carbons (Fsp3) is 0.200. The van der Waals surface area contributed by atoms with Crippen molar-refractivity contribution in [3.8, 4) is 5.69 Å². The molecule has 0 unspecified atom stereocenters. The second-order valence-electron chi connectivity index (χ2n) is 6.10. The molecular formula is C20H21N3O. The topological polar surface area (TPSA) is 50.1 Å². The molecule has 0 saturated carbocycles. The fourth-order valence-electron chi connectivity index (χ4n) is 2.60. The molecule has 1 N–H and O–H groups in total. The second kappa shape index (κ2) is 6.32. The summed E-state index contributed by atoms with van der Waals surface area (Å²) in [6.07, 6.45) is 1.65. The van der Waals surface area contributed by atoms with E-state index in [1.165, 1.54) is 5.56 Å². The third-order valence-electron chi connectivity index (χ3n) is 4.31. The molecular weight excluding hydrogens is 298 g/mol. The number of rotatable bonds is 3. The Kier molecular flexibility index (Phi) is 4.21. The zero-order valence-corrected chi connectivity index (χ0v) is 14.4. The van der Waals surface area contributed by atoms with Crippen LogP contribution in [0.3, 0.4) is 0 Å². The van der Waals surface area contributed by atoms with Crippen LogP contribution in [0.25, 0.3) is 5.69 Å². The fourth-order valence-corrected chi connectivity index (χ4v) is 2.60. The van der Waals surface area contributed by atoms with Crippen LogP contribution in [0.5, 0.6) is 0 Å². The largest absolute Gasteiger partial charge is 0.295 e. The molecule has 0 aliphatic rings. The number of hydrogen-bond acceptors (Lipinski definition) is 2. The van der Waals surface area contributed by atoms with Crippen molar-refractivity contribution < 1.29 is 0 Å². The molecule has 0 fully saturated rings. The van der Waals surface area contributed by atoms with Crippen LogP contribution < -0.4 is 5.56 Å². The van der Waals surface area contributed by atoms with Crippen LogP contribution >= 0.6 is 0 Å². The first-order chi connectivity index (χ1) is 11.5. The van der Waals surface area contributed by atoms with E-state index in [2.05, 4.69) is 17.0 Å². The van der Waals surface area contributed by atoms with Gasteiger partial charge in [-0.05, 0) is 62.6 Å². The highest BCUT2D eigenvalue weighted by Gasteiger charge is 2.11. The number of para-hydroxylation sites is 1. The van der Waals surface area contributed by atoms with Crippen molar-refractivity contribution in [3.63, 3.8) is 0 Å². The van der Waals surface area contributed by atoms with Gasteiger partial charge in [-0.15, -0.1) is 0 Å². The van der Waals surface area contributed by atoms with E-state index in [0.29, 0.717) is 5.56 Å². The Morgan fingerprint density at radius 2 is 1.71 bits per heavy atom. The zero-order valence-electron chi connectivity index (χ0n) is 14.4. The van der Waals surface area contributed by atoms with Crippen molar-refractivity contribution in [3.05, 3.63) is 80.8 Å². The Morgan fingerprint density at radius 3 is 2.42 bits per heavy atom. The Hall–Kier alpha value is -2.88. The number of hydrogen-bond donors (Lipinski definition) is 1. The van der Waals surface area contributed by atoms with Gasteiger partial charge < -0.3 is 0 Å². The molecule has 1 heterocycles. The molecule has 2 aromatic carbocycles. The lowest BCUT2D eigenvalue weighted by atomic mass is 10.1. The van der Waals surface area contributed by atoms with E-state index in [1.54, 1.807) is 10.9 Å². The van der Waals surface area contributed by atoms with Crippen molar-refractivity contribution >= 4 is 11.9 Å². The lowest BCUT2D eigenvalue weighted by Crippen LogP contribution is -2.17. The highest BCUT2D eigenvalue weighted by atomic mass is 16.1. The molecule has 3 rings (SSSR count). The Bertz CT molecular complexity index is 977. The molecule has 0 radical (unpaired) electrons. The number of aromatic nitrogens is 2. The molecule has 0 amide bonds. The van der Waals surface area contributed by atoms with Crippen molar-refractivity contribution in [1.29, 1.82) is 0 Å². The maximum absolute atomic E-state index is 12.7. The van der Waals surface area contributed by atoms with Crippen LogP contribution in [-0.4, -0.2) is 16.0 Å². The van der Waals surface area contributed by atoms with Crippen LogP contribution in [0.1, 0.15) is 27.9 Å². The maximum Gasteiger partial charge on any atom is 0.280 e. The highest BCUT2D eigenvalue weighted by molar-refractivity contribution is 5.83. The minimum absolute atomic E-state index is 0.0897. The Balaban J connectivity index is 2.02. The van der Waals surface area contributed by atoms with Gasteiger partial charge in [0.2, 0.25) is 0 Å². The maximum atomic E-state index is 12.7. The van der Waals surface area contributed by atoms with Crippen LogP contribution in [0, 0.1) is 27.7 Å². The van der Waals surface area contributed by atoms with Gasteiger partial charge in [0.05, 0.1) is 16.9 Å². The molecule has 4 nitrogen and oxygen atoms in total. The van der Waals surface area contributed by atoms with Gasteiger partial charge in [-0.3, -0.25) is 14.9 Å². The Morgan fingerprint density at radius 1 is 0.958 bits per heavy atom. The number of aromatic amines is 1. The summed E-state index contributed by atoms with van der Waals surface area (Å²) in [7, 11) is 0. The van der Waals surface area contributed by atoms with Gasteiger partial charge in [-0.25, -0.2) is 4.68 Å².